The Morgan fingerprint density at radius 3 is 2.75 bits per heavy atom. The second-order valence-corrected chi connectivity index (χ2v) is 3.74. The van der Waals surface area contributed by atoms with Gasteiger partial charge < -0.3 is 4.74 Å². The van der Waals surface area contributed by atoms with Gasteiger partial charge in [-0.05, 0) is 5.56 Å². The summed E-state index contributed by atoms with van der Waals surface area (Å²) >= 11 is 1.03. The lowest BCUT2D eigenvalue weighted by Crippen LogP contribution is -2.06. The van der Waals surface area contributed by atoms with Gasteiger partial charge in [0, 0.05) is 6.42 Å². The SMILES string of the molecule is COC(=O)c1nsnc1Cc1ccccc1. The minimum Gasteiger partial charge on any atom is -0.464 e. The number of esters is 1. The maximum atomic E-state index is 11.4. The van der Waals surface area contributed by atoms with Gasteiger partial charge in [-0.2, -0.15) is 8.75 Å². The van der Waals surface area contributed by atoms with Crippen LogP contribution in [0.5, 0.6) is 0 Å². The number of hydrogen-bond acceptors (Lipinski definition) is 5. The van der Waals surface area contributed by atoms with Crippen molar-refractivity contribution in [2.24, 2.45) is 0 Å². The third kappa shape index (κ3) is 2.25. The summed E-state index contributed by atoms with van der Waals surface area (Å²) in [5, 5.41) is 0. The molecule has 2 rings (SSSR count). The molecule has 82 valence electrons. The third-order valence-corrected chi connectivity index (χ3v) is 2.72. The Labute approximate surface area is 97.2 Å². The normalized spacial score (nSPS) is 10.1. The van der Waals surface area contributed by atoms with Crippen LogP contribution in [0.1, 0.15) is 21.7 Å². The van der Waals surface area contributed by atoms with Gasteiger partial charge in [-0.3, -0.25) is 0 Å². The van der Waals surface area contributed by atoms with Crippen molar-refractivity contribution in [3.8, 4) is 0 Å². The molecule has 0 radical (unpaired) electrons. The number of aromatic nitrogens is 2. The van der Waals surface area contributed by atoms with Gasteiger partial charge in [-0.15, -0.1) is 0 Å². The predicted octanol–water partition coefficient (Wildman–Crippen LogP) is 1.92. The molecular weight excluding hydrogens is 224 g/mol. The van der Waals surface area contributed by atoms with E-state index in [2.05, 4.69) is 13.5 Å². The van der Waals surface area contributed by atoms with Crippen LogP contribution in [-0.2, 0) is 11.2 Å². The minimum absolute atomic E-state index is 0.316. The van der Waals surface area contributed by atoms with E-state index in [0.29, 0.717) is 17.8 Å². The summed E-state index contributed by atoms with van der Waals surface area (Å²) in [5.41, 5.74) is 2.08. The van der Waals surface area contributed by atoms with Crippen LogP contribution in [0.3, 0.4) is 0 Å². The molecule has 0 atom stereocenters. The second kappa shape index (κ2) is 4.85. The summed E-state index contributed by atoms with van der Waals surface area (Å²) in [6.45, 7) is 0. The number of rotatable bonds is 3. The molecule has 4 nitrogen and oxygen atoms in total. The van der Waals surface area contributed by atoms with E-state index in [1.165, 1.54) is 7.11 Å². The Bertz CT molecular complexity index is 482. The lowest BCUT2D eigenvalue weighted by molar-refractivity contribution is 0.0594. The smallest absolute Gasteiger partial charge is 0.359 e. The van der Waals surface area contributed by atoms with Crippen molar-refractivity contribution in [2.45, 2.75) is 6.42 Å². The molecule has 2 aromatic rings. The van der Waals surface area contributed by atoms with E-state index < -0.39 is 5.97 Å². The van der Waals surface area contributed by atoms with Crippen LogP contribution in [0.4, 0.5) is 0 Å². The van der Waals surface area contributed by atoms with Gasteiger partial charge in [0.1, 0.15) is 0 Å². The molecule has 0 N–H and O–H groups in total. The Balaban J connectivity index is 2.22. The number of benzene rings is 1. The van der Waals surface area contributed by atoms with E-state index in [0.717, 1.165) is 17.3 Å². The van der Waals surface area contributed by atoms with E-state index in [4.69, 9.17) is 0 Å². The highest BCUT2D eigenvalue weighted by Gasteiger charge is 2.16. The zero-order valence-corrected chi connectivity index (χ0v) is 9.53. The third-order valence-electron chi connectivity index (χ3n) is 2.15. The Morgan fingerprint density at radius 1 is 1.31 bits per heavy atom. The summed E-state index contributed by atoms with van der Waals surface area (Å²) < 4.78 is 12.7. The van der Waals surface area contributed by atoms with E-state index in [1.54, 1.807) is 0 Å². The van der Waals surface area contributed by atoms with Gasteiger partial charge in [-0.1, -0.05) is 30.3 Å². The first-order valence-corrected chi connectivity index (χ1v) is 5.48. The zero-order valence-electron chi connectivity index (χ0n) is 8.71. The standard InChI is InChI=1S/C11H10N2O2S/c1-15-11(14)10-9(12-16-13-10)7-8-5-3-2-4-6-8/h2-6H,7H2,1H3. The van der Waals surface area contributed by atoms with Crippen molar-refractivity contribution in [2.75, 3.05) is 7.11 Å². The molecule has 1 aromatic carbocycles. The highest BCUT2D eigenvalue weighted by atomic mass is 32.1. The molecule has 1 heterocycles. The molecule has 5 heteroatoms. The number of nitrogens with zero attached hydrogens (tertiary/aromatic N) is 2. The van der Waals surface area contributed by atoms with Crippen LogP contribution < -0.4 is 0 Å². The fourth-order valence-electron chi connectivity index (χ4n) is 1.36. The molecule has 0 bridgehead atoms. The Hall–Kier alpha value is -1.75. The van der Waals surface area contributed by atoms with Crippen LogP contribution in [0.15, 0.2) is 30.3 Å². The fraction of sp³-hybridized carbons (Fsp3) is 0.182. The number of ether oxygens (including phenoxy) is 1. The number of carbonyl (C=O) groups is 1. The topological polar surface area (TPSA) is 52.1 Å². The van der Waals surface area contributed by atoms with Crippen molar-refractivity contribution in [1.29, 1.82) is 0 Å². The molecule has 0 unspecified atom stereocenters. The van der Waals surface area contributed by atoms with Gasteiger partial charge in [0.25, 0.3) is 0 Å². The second-order valence-electron chi connectivity index (χ2n) is 3.21. The molecule has 1 aromatic heterocycles. The lowest BCUT2D eigenvalue weighted by Gasteiger charge is -1.99. The number of hydrogen-bond donors (Lipinski definition) is 0. The first kappa shape index (κ1) is 10.8. The average Bonchev–Trinajstić information content (AvgIpc) is 2.77. The predicted molar refractivity (Wildman–Crippen MR) is 60.5 cm³/mol. The van der Waals surface area contributed by atoms with Gasteiger partial charge in [0.2, 0.25) is 0 Å². The Kier molecular flexibility index (Phi) is 3.26. The van der Waals surface area contributed by atoms with Crippen molar-refractivity contribution in [3.63, 3.8) is 0 Å². The lowest BCUT2D eigenvalue weighted by atomic mass is 10.1. The van der Waals surface area contributed by atoms with Gasteiger partial charge >= 0.3 is 5.97 Å². The molecule has 0 fully saturated rings. The molecule has 0 spiro atoms. The van der Waals surface area contributed by atoms with Crippen molar-refractivity contribution in [1.82, 2.24) is 8.75 Å². The van der Waals surface area contributed by atoms with Crippen LogP contribution >= 0.6 is 11.7 Å². The average molecular weight is 234 g/mol. The largest absolute Gasteiger partial charge is 0.464 e. The molecule has 16 heavy (non-hydrogen) atoms. The van der Waals surface area contributed by atoms with Crippen LogP contribution in [0, 0.1) is 0 Å². The Morgan fingerprint density at radius 2 is 2.06 bits per heavy atom. The highest BCUT2D eigenvalue weighted by Crippen LogP contribution is 2.13. The van der Waals surface area contributed by atoms with Gasteiger partial charge in [0.05, 0.1) is 24.5 Å². The van der Waals surface area contributed by atoms with E-state index >= 15 is 0 Å². The summed E-state index contributed by atoms with van der Waals surface area (Å²) in [7, 11) is 1.34. The minimum atomic E-state index is -0.431. The molecule has 0 aliphatic rings. The fourth-order valence-corrected chi connectivity index (χ4v) is 1.92. The number of carbonyl (C=O) groups excluding carboxylic acids is 1. The molecule has 0 saturated carbocycles. The van der Waals surface area contributed by atoms with E-state index in [-0.39, 0.29) is 0 Å². The molecular formula is C11H10N2O2S. The molecule has 0 aliphatic carbocycles. The zero-order chi connectivity index (χ0) is 11.4. The van der Waals surface area contributed by atoms with E-state index in [9.17, 15) is 4.79 Å². The first-order valence-electron chi connectivity index (χ1n) is 4.75. The molecule has 0 amide bonds. The summed E-state index contributed by atoms with van der Waals surface area (Å²) in [6, 6.07) is 9.82. The number of methoxy groups -OCH3 is 1. The maximum Gasteiger partial charge on any atom is 0.359 e. The van der Waals surface area contributed by atoms with Gasteiger partial charge in [0.15, 0.2) is 5.69 Å². The summed E-state index contributed by atoms with van der Waals surface area (Å²) in [6.07, 6.45) is 0.599. The van der Waals surface area contributed by atoms with Crippen LogP contribution in [0.25, 0.3) is 0 Å². The first-order chi connectivity index (χ1) is 7.81. The molecule has 0 aliphatic heterocycles. The van der Waals surface area contributed by atoms with Crippen LogP contribution in [-0.4, -0.2) is 21.8 Å². The van der Waals surface area contributed by atoms with Gasteiger partial charge in [-0.25, -0.2) is 4.79 Å². The monoisotopic (exact) mass is 234 g/mol. The quantitative estimate of drug-likeness (QED) is 0.761. The van der Waals surface area contributed by atoms with E-state index in [1.807, 2.05) is 30.3 Å². The van der Waals surface area contributed by atoms with Crippen molar-refractivity contribution >= 4 is 17.7 Å². The van der Waals surface area contributed by atoms with Crippen molar-refractivity contribution in [3.05, 3.63) is 47.3 Å². The summed E-state index contributed by atoms with van der Waals surface area (Å²) in [5.74, 6) is -0.431. The highest BCUT2D eigenvalue weighted by molar-refractivity contribution is 6.99. The molecule has 0 saturated heterocycles. The summed E-state index contributed by atoms with van der Waals surface area (Å²) in [4.78, 5) is 11.4. The van der Waals surface area contributed by atoms with Crippen LogP contribution in [0.2, 0.25) is 0 Å². The maximum absolute atomic E-state index is 11.4. The van der Waals surface area contributed by atoms with Crippen molar-refractivity contribution < 1.29 is 9.53 Å².